The van der Waals surface area contributed by atoms with Gasteiger partial charge in [0.25, 0.3) is 0 Å². The second-order valence-electron chi connectivity index (χ2n) is 2.51. The highest BCUT2D eigenvalue weighted by molar-refractivity contribution is 5.74. The number of amides is 1. The van der Waals surface area contributed by atoms with Gasteiger partial charge in [-0.2, -0.15) is 4.98 Å². The minimum absolute atomic E-state index is 0.248. The molecule has 2 N–H and O–H groups in total. The molecule has 0 fully saturated rings. The molecule has 1 aromatic heterocycles. The highest BCUT2D eigenvalue weighted by Crippen LogP contribution is 1.93. The second-order valence-corrected chi connectivity index (χ2v) is 2.51. The van der Waals surface area contributed by atoms with Crippen molar-refractivity contribution in [3.8, 4) is 0 Å². The van der Waals surface area contributed by atoms with Crippen molar-refractivity contribution in [2.45, 2.75) is 6.92 Å². The van der Waals surface area contributed by atoms with Gasteiger partial charge in [0.15, 0.2) is 5.82 Å². The summed E-state index contributed by atoms with van der Waals surface area (Å²) in [4.78, 5) is 25.1. The monoisotopic (exact) mass is 182 g/mol. The summed E-state index contributed by atoms with van der Waals surface area (Å²) in [6.45, 7) is 1.36. The van der Waals surface area contributed by atoms with Gasteiger partial charge in [-0.15, -0.1) is 0 Å². The summed E-state index contributed by atoms with van der Waals surface area (Å²) >= 11 is 0. The molecule has 0 aromatic carbocycles. The highest BCUT2D eigenvalue weighted by Gasteiger charge is 1.96. The van der Waals surface area contributed by atoms with Crippen molar-refractivity contribution in [3.05, 3.63) is 22.7 Å². The summed E-state index contributed by atoms with van der Waals surface area (Å²) in [6, 6.07) is 1.58. The van der Waals surface area contributed by atoms with Gasteiger partial charge in [0.2, 0.25) is 5.91 Å². The summed E-state index contributed by atoms with van der Waals surface area (Å²) in [6.07, 6.45) is 1.56. The number of anilines is 1. The second kappa shape index (κ2) is 3.70. The van der Waals surface area contributed by atoms with Gasteiger partial charge < -0.3 is 4.57 Å². The molecule has 1 rings (SSSR count). The molecule has 0 spiro atoms. The maximum atomic E-state index is 11.0. The average molecular weight is 182 g/mol. The van der Waals surface area contributed by atoms with Crippen molar-refractivity contribution in [2.24, 2.45) is 7.05 Å². The number of nitrogens with one attached hydrogen (secondary N) is 2. The van der Waals surface area contributed by atoms with Gasteiger partial charge in [-0.05, 0) is 6.07 Å². The number of aryl methyl sites for hydroxylation is 1. The fourth-order valence-electron chi connectivity index (χ4n) is 0.687. The number of aromatic nitrogens is 2. The Bertz CT molecular complexity index is 371. The summed E-state index contributed by atoms with van der Waals surface area (Å²) < 4.78 is 1.33. The zero-order valence-electron chi connectivity index (χ0n) is 7.37. The van der Waals surface area contributed by atoms with Crippen LogP contribution in [0.2, 0.25) is 0 Å². The molecule has 0 aliphatic heterocycles. The van der Waals surface area contributed by atoms with Crippen LogP contribution in [0.1, 0.15) is 6.92 Å². The molecule has 0 atom stereocenters. The molecule has 0 saturated heterocycles. The van der Waals surface area contributed by atoms with E-state index in [-0.39, 0.29) is 11.6 Å². The maximum absolute atomic E-state index is 11.0. The van der Waals surface area contributed by atoms with Gasteiger partial charge in [0.05, 0.1) is 0 Å². The van der Waals surface area contributed by atoms with Gasteiger partial charge in [0.1, 0.15) is 0 Å². The van der Waals surface area contributed by atoms with E-state index in [0.717, 1.165) is 0 Å². The lowest BCUT2D eigenvalue weighted by atomic mass is 10.6. The first-order valence-corrected chi connectivity index (χ1v) is 3.66. The molecule has 0 saturated carbocycles. The van der Waals surface area contributed by atoms with E-state index < -0.39 is 0 Å². The van der Waals surface area contributed by atoms with Crippen molar-refractivity contribution in [2.75, 3.05) is 5.43 Å². The Morgan fingerprint density at radius 1 is 1.62 bits per heavy atom. The van der Waals surface area contributed by atoms with Crippen LogP contribution in [-0.4, -0.2) is 15.5 Å². The molecular formula is C7H10N4O2. The molecule has 6 nitrogen and oxygen atoms in total. The van der Waals surface area contributed by atoms with E-state index in [2.05, 4.69) is 15.8 Å². The number of rotatable bonds is 2. The Hall–Kier alpha value is -1.85. The molecule has 6 heteroatoms. The van der Waals surface area contributed by atoms with Crippen LogP contribution in [0.3, 0.4) is 0 Å². The predicted molar refractivity (Wildman–Crippen MR) is 46.9 cm³/mol. The molecule has 0 radical (unpaired) electrons. The first kappa shape index (κ1) is 9.24. The maximum Gasteiger partial charge on any atom is 0.349 e. The van der Waals surface area contributed by atoms with Gasteiger partial charge in [0, 0.05) is 20.2 Å². The topological polar surface area (TPSA) is 76.0 Å². The molecule has 0 bridgehead atoms. The largest absolute Gasteiger partial charge is 0.349 e. The van der Waals surface area contributed by atoms with Crippen molar-refractivity contribution in [1.82, 2.24) is 15.0 Å². The lowest BCUT2D eigenvalue weighted by Gasteiger charge is -2.04. The molecule has 13 heavy (non-hydrogen) atoms. The van der Waals surface area contributed by atoms with Crippen LogP contribution < -0.4 is 16.5 Å². The van der Waals surface area contributed by atoms with Crippen LogP contribution in [0, 0.1) is 0 Å². The van der Waals surface area contributed by atoms with Gasteiger partial charge >= 0.3 is 5.69 Å². The van der Waals surface area contributed by atoms with E-state index in [1.54, 1.807) is 19.3 Å². The lowest BCUT2D eigenvalue weighted by molar-refractivity contribution is -0.118. The zero-order chi connectivity index (χ0) is 9.84. The third-order valence-electron chi connectivity index (χ3n) is 1.34. The first-order chi connectivity index (χ1) is 6.09. The number of carbonyl (C=O) groups is 1. The molecule has 1 aromatic rings. The van der Waals surface area contributed by atoms with E-state index in [4.69, 9.17) is 0 Å². The number of hydrogen-bond donors (Lipinski definition) is 2. The minimum atomic E-state index is -0.379. The highest BCUT2D eigenvalue weighted by atomic mass is 16.2. The quantitative estimate of drug-likeness (QED) is 0.590. The van der Waals surface area contributed by atoms with Crippen LogP contribution in [0.5, 0.6) is 0 Å². The number of nitrogens with zero attached hydrogens (tertiary/aromatic N) is 2. The van der Waals surface area contributed by atoms with Crippen molar-refractivity contribution < 1.29 is 4.79 Å². The number of hydrazine groups is 1. The van der Waals surface area contributed by atoms with Crippen molar-refractivity contribution >= 4 is 11.7 Å². The first-order valence-electron chi connectivity index (χ1n) is 3.66. The summed E-state index contributed by atoms with van der Waals surface area (Å²) in [5, 5.41) is 0. The Balaban J connectivity index is 2.74. The Morgan fingerprint density at radius 3 is 2.85 bits per heavy atom. The molecule has 70 valence electrons. The van der Waals surface area contributed by atoms with E-state index in [1.807, 2.05) is 0 Å². The van der Waals surface area contributed by atoms with Crippen molar-refractivity contribution in [3.63, 3.8) is 0 Å². The van der Waals surface area contributed by atoms with E-state index in [0.29, 0.717) is 5.82 Å². The van der Waals surface area contributed by atoms with Gasteiger partial charge in [-0.1, -0.05) is 0 Å². The smallest absolute Gasteiger partial charge is 0.302 e. The van der Waals surface area contributed by atoms with E-state index in [1.165, 1.54) is 11.5 Å². The summed E-state index contributed by atoms with van der Waals surface area (Å²) in [7, 11) is 1.59. The third kappa shape index (κ3) is 2.58. The minimum Gasteiger partial charge on any atom is -0.302 e. The van der Waals surface area contributed by atoms with Crippen LogP contribution >= 0.6 is 0 Å². The lowest BCUT2D eigenvalue weighted by Crippen LogP contribution is -2.29. The average Bonchev–Trinajstić information content (AvgIpc) is 2.07. The fraction of sp³-hybridized carbons (Fsp3) is 0.286. The molecule has 0 unspecified atom stereocenters. The van der Waals surface area contributed by atoms with Crippen LogP contribution in [0.15, 0.2) is 17.1 Å². The summed E-state index contributed by atoms with van der Waals surface area (Å²) in [5.74, 6) is 0.0702. The normalized spacial score (nSPS) is 9.38. The third-order valence-corrected chi connectivity index (χ3v) is 1.34. The number of hydrogen-bond acceptors (Lipinski definition) is 4. The Labute approximate surface area is 74.6 Å². The molecular weight excluding hydrogens is 172 g/mol. The predicted octanol–water partition coefficient (Wildman–Crippen LogP) is -0.757. The van der Waals surface area contributed by atoms with E-state index >= 15 is 0 Å². The Morgan fingerprint density at radius 2 is 2.31 bits per heavy atom. The zero-order valence-corrected chi connectivity index (χ0v) is 7.37. The molecule has 0 aliphatic rings. The SMILES string of the molecule is CC(=O)NNc1ccn(C)c(=O)n1. The van der Waals surface area contributed by atoms with Crippen LogP contribution in [0.25, 0.3) is 0 Å². The Kier molecular flexibility index (Phi) is 2.63. The van der Waals surface area contributed by atoms with Crippen LogP contribution in [-0.2, 0) is 11.8 Å². The van der Waals surface area contributed by atoms with Gasteiger partial charge in [-0.25, -0.2) is 4.79 Å². The fourth-order valence-corrected chi connectivity index (χ4v) is 0.687. The van der Waals surface area contributed by atoms with E-state index in [9.17, 15) is 9.59 Å². The molecule has 0 aliphatic carbocycles. The van der Waals surface area contributed by atoms with Crippen molar-refractivity contribution in [1.29, 1.82) is 0 Å². The van der Waals surface area contributed by atoms with Crippen LogP contribution in [0.4, 0.5) is 5.82 Å². The number of carbonyl (C=O) groups excluding carboxylic acids is 1. The standard InChI is InChI=1S/C7H10N4O2/c1-5(12)9-10-6-3-4-11(2)7(13)8-6/h3-4H,1-2H3,(H,9,12)(H,8,10,13). The summed E-state index contributed by atoms with van der Waals surface area (Å²) in [5.41, 5.74) is 4.42. The molecule has 1 amide bonds. The molecule has 1 heterocycles. The van der Waals surface area contributed by atoms with Gasteiger partial charge in [-0.3, -0.25) is 15.6 Å².